The minimum absolute atomic E-state index is 0.184. The van der Waals surface area contributed by atoms with E-state index in [0.29, 0.717) is 19.1 Å². The van der Waals surface area contributed by atoms with Gasteiger partial charge in [-0.2, -0.15) is 0 Å². The van der Waals surface area contributed by atoms with Crippen LogP contribution in [0.4, 0.5) is 52.7 Å². The van der Waals surface area contributed by atoms with Gasteiger partial charge < -0.3 is 67.1 Å². The second kappa shape index (κ2) is 32.3. The SMILES string of the molecule is CC(C)OC(=O)C1(C(F)F)CC(=O)C1.CC(C)OC(=O)C1(C(F)F)CC(F)(F)C1.COC1(OC)CC(C(=O)OC(C)C)(C(F)F)C1.COC1(OC)CC(C=O)(C(=O)OC(C)C)C1.COC1(OC)CC(CO)(C(=O)OC(C)C)C1.O=C(O)C1(C(F)F)CC(F)(F)C1. The molecule has 0 heterocycles. The van der Waals surface area contributed by atoms with Crippen LogP contribution in [-0.2, 0) is 90.5 Å². The average Bonchev–Trinajstić information content (AvgIpc) is 0.789. The molecule has 0 aromatic carbocycles. The maximum atomic E-state index is 13.0. The number of carbonyl (C=O) groups excluding carboxylic acids is 7. The molecule has 6 aliphatic carbocycles. The number of hydrogen-bond acceptors (Lipinski definition) is 20. The van der Waals surface area contributed by atoms with Crippen molar-refractivity contribution in [2.45, 2.75) is 232 Å². The number of aliphatic hydroxyl groups excluding tert-OH is 1. The lowest BCUT2D eigenvalue weighted by Crippen LogP contribution is -2.61. The van der Waals surface area contributed by atoms with E-state index in [1.165, 1.54) is 56.5 Å². The number of halogens is 12. The first-order valence-corrected chi connectivity index (χ1v) is 28.1. The average molecular weight is 1340 g/mol. The van der Waals surface area contributed by atoms with E-state index in [1.54, 1.807) is 55.4 Å². The summed E-state index contributed by atoms with van der Waals surface area (Å²) in [4.78, 5) is 89.7. The Bertz CT molecular complexity index is 2360. The third-order valence-electron chi connectivity index (χ3n) is 15.5. The van der Waals surface area contributed by atoms with Gasteiger partial charge in [0.1, 0.15) is 44.6 Å². The van der Waals surface area contributed by atoms with Gasteiger partial charge in [-0.1, -0.05) is 0 Å². The predicted molar refractivity (Wildman–Crippen MR) is 286 cm³/mol. The van der Waals surface area contributed by atoms with Crippen LogP contribution in [-0.4, -0.2) is 193 Å². The van der Waals surface area contributed by atoms with E-state index in [4.69, 9.17) is 52.5 Å². The monoisotopic (exact) mass is 1330 g/mol. The lowest BCUT2D eigenvalue weighted by molar-refractivity contribution is -0.314. The van der Waals surface area contributed by atoms with Gasteiger partial charge in [-0.3, -0.25) is 33.6 Å². The van der Waals surface area contributed by atoms with E-state index >= 15 is 0 Å². The molecule has 0 amide bonds. The number of carboxylic acids is 1. The molecule has 6 saturated carbocycles. The van der Waals surface area contributed by atoms with Gasteiger partial charge in [-0.25, -0.2) is 52.7 Å². The molecule has 0 spiro atoms. The van der Waals surface area contributed by atoms with Crippen molar-refractivity contribution in [1.82, 2.24) is 0 Å². The van der Waals surface area contributed by atoms with Crippen molar-refractivity contribution in [3.05, 3.63) is 0 Å². The molecule has 0 unspecified atom stereocenters. The Morgan fingerprint density at radius 1 is 0.411 bits per heavy atom. The van der Waals surface area contributed by atoms with Crippen LogP contribution in [0.15, 0.2) is 0 Å². The number of rotatable bonds is 23. The first kappa shape index (κ1) is 83.1. The topological polar surface area (TPSA) is 279 Å². The molecule has 524 valence electrons. The van der Waals surface area contributed by atoms with Crippen LogP contribution in [0.2, 0.25) is 0 Å². The van der Waals surface area contributed by atoms with Crippen molar-refractivity contribution in [2.24, 2.45) is 32.5 Å². The Kier molecular flexibility index (Phi) is 29.8. The van der Waals surface area contributed by atoms with Crippen molar-refractivity contribution in [2.75, 3.05) is 49.3 Å². The third kappa shape index (κ3) is 19.6. The maximum absolute atomic E-state index is 13.0. The van der Waals surface area contributed by atoms with Crippen LogP contribution in [0.5, 0.6) is 0 Å². The van der Waals surface area contributed by atoms with E-state index < -0.39 is 174 Å². The summed E-state index contributed by atoms with van der Waals surface area (Å²) < 4.78 is 205. The fraction of sp³-hybridized carbons (Fsp3) is 0.860. The van der Waals surface area contributed by atoms with Crippen LogP contribution in [0.25, 0.3) is 0 Å². The van der Waals surface area contributed by atoms with Crippen molar-refractivity contribution in [1.29, 1.82) is 0 Å². The molecule has 21 nitrogen and oxygen atoms in total. The van der Waals surface area contributed by atoms with Gasteiger partial charge in [0.2, 0.25) is 0 Å². The minimum Gasteiger partial charge on any atom is -0.481 e. The Hall–Kier alpha value is -4.96. The highest BCUT2D eigenvalue weighted by Crippen LogP contribution is 2.58. The number of ether oxygens (including phenoxy) is 11. The molecular formula is C57H86F12O21. The summed E-state index contributed by atoms with van der Waals surface area (Å²) in [5.74, 6) is -15.2. The molecule has 0 aromatic heterocycles. The molecule has 0 aromatic rings. The first-order chi connectivity index (χ1) is 41.1. The number of carboxylic acid groups (broad SMARTS) is 1. The first-order valence-electron chi connectivity index (χ1n) is 28.1. The number of aldehydes is 1. The summed E-state index contributed by atoms with van der Waals surface area (Å²) in [6, 6.07) is 0. The second-order valence-electron chi connectivity index (χ2n) is 24.4. The fourth-order valence-electron chi connectivity index (χ4n) is 10.1. The highest BCUT2D eigenvalue weighted by Gasteiger charge is 2.69. The quantitative estimate of drug-likeness (QED) is 0.0240. The second-order valence-corrected chi connectivity index (χ2v) is 24.4. The van der Waals surface area contributed by atoms with Crippen molar-refractivity contribution < 1.29 is 153 Å². The number of aliphatic carboxylic acids is 1. The van der Waals surface area contributed by atoms with Crippen LogP contribution in [0.1, 0.15) is 146 Å². The number of Topliss-reactive ketones (excluding diaryl/α,β-unsaturated/α-hetero) is 1. The van der Waals surface area contributed by atoms with Gasteiger partial charge in [-0.05, 0) is 69.2 Å². The van der Waals surface area contributed by atoms with E-state index in [9.17, 15) is 96.1 Å². The molecule has 0 aliphatic heterocycles. The molecule has 6 aliphatic rings. The number of carbonyl (C=O) groups is 8. The van der Waals surface area contributed by atoms with Gasteiger partial charge in [0, 0.05) is 120 Å². The summed E-state index contributed by atoms with van der Waals surface area (Å²) in [6.07, 6.45) is -18.0. The summed E-state index contributed by atoms with van der Waals surface area (Å²) in [7, 11) is 8.77. The van der Waals surface area contributed by atoms with Crippen LogP contribution in [0, 0.1) is 32.5 Å². The predicted octanol–water partition coefficient (Wildman–Crippen LogP) is 9.50. The van der Waals surface area contributed by atoms with Crippen molar-refractivity contribution in [3.63, 3.8) is 0 Å². The molecule has 0 radical (unpaired) electrons. The number of aliphatic hydroxyl groups is 1. The summed E-state index contributed by atoms with van der Waals surface area (Å²) >= 11 is 0. The third-order valence-corrected chi connectivity index (χ3v) is 15.5. The Morgan fingerprint density at radius 3 is 0.900 bits per heavy atom. The van der Waals surface area contributed by atoms with E-state index in [0.717, 1.165) is 0 Å². The Balaban J connectivity index is 0.000000542. The molecule has 6 rings (SSSR count). The molecule has 6 fully saturated rings. The number of ketones is 1. The van der Waals surface area contributed by atoms with Gasteiger partial charge in [0.15, 0.2) is 17.4 Å². The Labute approximate surface area is 513 Å². The zero-order chi connectivity index (χ0) is 70.4. The lowest BCUT2D eigenvalue weighted by atomic mass is 9.64. The highest BCUT2D eigenvalue weighted by molar-refractivity contribution is 5.98. The molecule has 0 atom stereocenters. The van der Waals surface area contributed by atoms with Gasteiger partial charge >= 0.3 is 35.8 Å². The van der Waals surface area contributed by atoms with Gasteiger partial charge in [-0.15, -0.1) is 0 Å². The normalized spacial score (nSPS) is 21.9. The van der Waals surface area contributed by atoms with Crippen molar-refractivity contribution in [3.8, 4) is 0 Å². The number of alkyl halides is 12. The van der Waals surface area contributed by atoms with Crippen LogP contribution >= 0.6 is 0 Å². The van der Waals surface area contributed by atoms with Crippen molar-refractivity contribution >= 4 is 47.9 Å². The smallest absolute Gasteiger partial charge is 0.320 e. The largest absolute Gasteiger partial charge is 0.481 e. The zero-order valence-corrected chi connectivity index (χ0v) is 53.2. The highest BCUT2D eigenvalue weighted by atomic mass is 19.3. The zero-order valence-electron chi connectivity index (χ0n) is 53.2. The molecule has 90 heavy (non-hydrogen) atoms. The standard InChI is InChI=1S/C11H18F2O4.C11H20O5.C11H18O5.C9H12F4O2.C9H12F2O3.C6H6F4O2/c1-7(2)17-9(14)10(8(12)13)5-11(6-10,15-3)16-4;2*1-8(2)16-9(13)10(7-12)5-11(6-10,14-3)15-4;1-5(2)15-7(14)8(6(10)11)3-9(12,13)4-8;1-5(2)14-8(13)9(7(10)11)3-6(12)4-9;7-3(8)5(4(11)12)1-6(9,10)2-5/h7-8H,5-6H2,1-4H3;8,12H,5-7H2,1-4H3;7-8H,5-6H2,1-4H3;5-6H,3-4H2,1-2H3;5,7H,3-4H2,1-2H3;3H,1-2H2,(H,11,12). The van der Waals surface area contributed by atoms with Crippen LogP contribution in [0.3, 0.4) is 0 Å². The summed E-state index contributed by atoms with van der Waals surface area (Å²) in [6.45, 7) is 16.2. The maximum Gasteiger partial charge on any atom is 0.320 e. The molecule has 0 bridgehead atoms. The van der Waals surface area contributed by atoms with Crippen LogP contribution < -0.4 is 0 Å². The van der Waals surface area contributed by atoms with E-state index in [1.807, 2.05) is 0 Å². The minimum atomic E-state index is -3.24. The number of methoxy groups -OCH3 is 6. The molecule has 0 saturated heterocycles. The molecule has 2 N–H and O–H groups in total. The fourth-order valence-corrected chi connectivity index (χ4v) is 10.1. The van der Waals surface area contributed by atoms with E-state index in [-0.39, 0.29) is 56.3 Å². The summed E-state index contributed by atoms with van der Waals surface area (Å²) in [5, 5.41) is 17.6. The lowest BCUT2D eigenvalue weighted by Gasteiger charge is -2.51. The van der Waals surface area contributed by atoms with E-state index in [2.05, 4.69) is 4.74 Å². The molecular weight excluding hydrogens is 1250 g/mol. The Morgan fingerprint density at radius 2 is 0.667 bits per heavy atom. The molecule has 33 heteroatoms. The number of hydrogen-bond donors (Lipinski definition) is 2. The van der Waals surface area contributed by atoms with Gasteiger partial charge in [0.05, 0.1) is 37.1 Å². The number of esters is 5. The summed E-state index contributed by atoms with van der Waals surface area (Å²) in [5.41, 5.74) is -10.4. The van der Waals surface area contributed by atoms with Gasteiger partial charge in [0.25, 0.3) is 37.5 Å².